The first-order chi connectivity index (χ1) is 24.4. The zero-order chi connectivity index (χ0) is 35.0. The van der Waals surface area contributed by atoms with Gasteiger partial charge in [0.2, 0.25) is 5.91 Å². The van der Waals surface area contributed by atoms with E-state index < -0.39 is 11.2 Å². The fourth-order valence-corrected chi connectivity index (χ4v) is 8.55. The summed E-state index contributed by atoms with van der Waals surface area (Å²) in [5.74, 6) is 0.335. The minimum absolute atomic E-state index is 0.241. The maximum absolute atomic E-state index is 14.2. The second-order valence-corrected chi connectivity index (χ2v) is 14.0. The molecule has 2 N–H and O–H groups in total. The minimum Gasteiger partial charge on any atom is -0.493 e. The molecule has 1 aliphatic carbocycles. The summed E-state index contributed by atoms with van der Waals surface area (Å²) in [4.78, 5) is 42.6. The molecule has 2 atom stereocenters. The number of hydrogen-bond acceptors (Lipinski definition) is 8. The van der Waals surface area contributed by atoms with Crippen molar-refractivity contribution in [2.75, 3.05) is 31.5 Å². The Labute approximate surface area is 300 Å². The Balaban J connectivity index is 1.25. The SMILES string of the molecule is CCOC(=O)c1c(NC(=O)C(Sc2cccc(NC(=O)c3ccc(OC)c(OC)c3)c2)c2ccccc2)sc2c1CCC(c1ccccc1)C2. The second-order valence-electron chi connectivity index (χ2n) is 11.7. The zero-order valence-electron chi connectivity index (χ0n) is 28.1. The average Bonchev–Trinajstić information content (AvgIpc) is 3.51. The van der Waals surface area contributed by atoms with Crippen LogP contribution in [-0.2, 0) is 22.4 Å². The molecule has 0 bridgehead atoms. The van der Waals surface area contributed by atoms with Crippen LogP contribution in [0.1, 0.15) is 66.8 Å². The van der Waals surface area contributed by atoms with Crippen LogP contribution in [0.4, 0.5) is 10.7 Å². The van der Waals surface area contributed by atoms with Gasteiger partial charge in [0.15, 0.2) is 11.5 Å². The van der Waals surface area contributed by atoms with Gasteiger partial charge in [-0.15, -0.1) is 23.1 Å². The van der Waals surface area contributed by atoms with E-state index >= 15 is 0 Å². The van der Waals surface area contributed by atoms with E-state index in [0.29, 0.717) is 39.2 Å². The standard InChI is InChI=1S/C40H38N2O6S2/c1-4-48-40(45)35-31-20-18-27(25-12-7-5-8-13-25)23-34(31)50-39(35)42-38(44)36(26-14-9-6-10-15-26)49-30-17-11-16-29(24-30)41-37(43)28-19-21-32(46-2)33(22-28)47-3/h5-17,19,21-22,24,27,36H,4,18,20,23H2,1-3H3,(H,41,43)(H,42,44). The van der Waals surface area contributed by atoms with E-state index in [-0.39, 0.29) is 18.4 Å². The smallest absolute Gasteiger partial charge is 0.341 e. The van der Waals surface area contributed by atoms with E-state index in [1.54, 1.807) is 31.2 Å². The molecule has 0 fully saturated rings. The number of thiophene rings is 1. The van der Waals surface area contributed by atoms with Gasteiger partial charge in [-0.05, 0) is 85.2 Å². The number of benzene rings is 4. The van der Waals surface area contributed by atoms with Gasteiger partial charge in [0, 0.05) is 21.0 Å². The molecule has 0 aliphatic heterocycles. The Morgan fingerprint density at radius 1 is 0.860 bits per heavy atom. The number of esters is 1. The number of carbonyl (C=O) groups is 3. The summed E-state index contributed by atoms with van der Waals surface area (Å²) < 4.78 is 16.1. The first-order valence-electron chi connectivity index (χ1n) is 16.4. The fraction of sp³-hybridized carbons (Fsp3) is 0.225. The van der Waals surface area contributed by atoms with Crippen LogP contribution in [0.3, 0.4) is 0 Å². The molecular formula is C40H38N2O6S2. The molecule has 0 saturated heterocycles. The maximum atomic E-state index is 14.2. The minimum atomic E-state index is -0.653. The van der Waals surface area contributed by atoms with Crippen molar-refractivity contribution in [1.29, 1.82) is 0 Å². The number of thioether (sulfide) groups is 1. The van der Waals surface area contributed by atoms with Crippen LogP contribution in [0.2, 0.25) is 0 Å². The number of anilines is 2. The summed E-state index contributed by atoms with van der Waals surface area (Å²) in [6, 6.07) is 32.3. The molecule has 1 aromatic heterocycles. The van der Waals surface area contributed by atoms with Crippen molar-refractivity contribution in [1.82, 2.24) is 0 Å². The number of amides is 2. The summed E-state index contributed by atoms with van der Waals surface area (Å²) in [6.07, 6.45) is 2.44. The molecule has 256 valence electrons. The van der Waals surface area contributed by atoms with Crippen LogP contribution < -0.4 is 20.1 Å². The lowest BCUT2D eigenvalue weighted by Gasteiger charge is -2.23. The van der Waals surface area contributed by atoms with Crippen LogP contribution >= 0.6 is 23.1 Å². The van der Waals surface area contributed by atoms with Crippen LogP contribution in [-0.4, -0.2) is 38.6 Å². The Morgan fingerprint density at radius 2 is 1.60 bits per heavy atom. The summed E-state index contributed by atoms with van der Waals surface area (Å²) in [6.45, 7) is 2.03. The lowest BCUT2D eigenvalue weighted by Crippen LogP contribution is -2.20. The third-order valence-corrected chi connectivity index (χ3v) is 11.0. The molecule has 1 aliphatic rings. The molecule has 1 heterocycles. The summed E-state index contributed by atoms with van der Waals surface area (Å²) >= 11 is 2.83. The van der Waals surface area contributed by atoms with Crippen LogP contribution in [0.25, 0.3) is 0 Å². The lowest BCUT2D eigenvalue weighted by molar-refractivity contribution is -0.115. The highest BCUT2D eigenvalue weighted by Gasteiger charge is 2.32. The molecule has 0 spiro atoms. The Kier molecular flexibility index (Phi) is 11.2. The predicted molar refractivity (Wildman–Crippen MR) is 199 cm³/mol. The Hall–Kier alpha value is -5.06. The van der Waals surface area contributed by atoms with Crippen LogP contribution in [0, 0.1) is 0 Å². The van der Waals surface area contributed by atoms with Crippen molar-refractivity contribution in [2.24, 2.45) is 0 Å². The molecule has 6 rings (SSSR count). The largest absolute Gasteiger partial charge is 0.493 e. The van der Waals surface area contributed by atoms with Crippen LogP contribution in [0.15, 0.2) is 108 Å². The van der Waals surface area contributed by atoms with Gasteiger partial charge in [0.1, 0.15) is 10.3 Å². The molecule has 50 heavy (non-hydrogen) atoms. The molecule has 10 heteroatoms. The van der Waals surface area contributed by atoms with Gasteiger partial charge in [-0.1, -0.05) is 66.7 Å². The normalized spacial score (nSPS) is 14.2. The summed E-state index contributed by atoms with van der Waals surface area (Å²) in [5.41, 5.74) is 4.50. The zero-order valence-corrected chi connectivity index (χ0v) is 29.7. The van der Waals surface area contributed by atoms with Gasteiger partial charge in [-0.3, -0.25) is 9.59 Å². The number of nitrogens with one attached hydrogen (secondary N) is 2. The molecule has 0 saturated carbocycles. The highest BCUT2D eigenvalue weighted by atomic mass is 32.2. The van der Waals surface area contributed by atoms with E-state index in [4.69, 9.17) is 14.2 Å². The molecule has 2 unspecified atom stereocenters. The van der Waals surface area contributed by atoms with Crippen LogP contribution in [0.5, 0.6) is 11.5 Å². The monoisotopic (exact) mass is 706 g/mol. The van der Waals surface area contributed by atoms with Crippen molar-refractivity contribution in [2.45, 2.75) is 42.2 Å². The van der Waals surface area contributed by atoms with E-state index in [1.165, 1.54) is 42.9 Å². The van der Waals surface area contributed by atoms with Crippen molar-refractivity contribution in [3.8, 4) is 11.5 Å². The first-order valence-corrected chi connectivity index (χ1v) is 18.1. The predicted octanol–water partition coefficient (Wildman–Crippen LogP) is 8.94. The van der Waals surface area contributed by atoms with Crippen molar-refractivity contribution in [3.05, 3.63) is 136 Å². The van der Waals surface area contributed by atoms with Gasteiger partial charge in [-0.25, -0.2) is 4.79 Å². The molecule has 8 nitrogen and oxygen atoms in total. The summed E-state index contributed by atoms with van der Waals surface area (Å²) in [7, 11) is 3.06. The third-order valence-electron chi connectivity index (χ3n) is 8.58. The maximum Gasteiger partial charge on any atom is 0.341 e. The topological polar surface area (TPSA) is 103 Å². The fourth-order valence-electron chi connectivity index (χ4n) is 6.15. The van der Waals surface area contributed by atoms with Crippen molar-refractivity contribution >= 4 is 51.6 Å². The molecular weight excluding hydrogens is 669 g/mol. The Bertz CT molecular complexity index is 1980. The van der Waals surface area contributed by atoms with E-state index in [2.05, 4.69) is 34.9 Å². The van der Waals surface area contributed by atoms with Gasteiger partial charge in [-0.2, -0.15) is 0 Å². The molecule has 5 aromatic rings. The highest BCUT2D eigenvalue weighted by Crippen LogP contribution is 2.44. The van der Waals surface area contributed by atoms with Gasteiger partial charge in [0.05, 0.1) is 26.4 Å². The van der Waals surface area contributed by atoms with Gasteiger partial charge in [0.25, 0.3) is 5.91 Å². The summed E-state index contributed by atoms with van der Waals surface area (Å²) in [5, 5.41) is 5.95. The molecule has 0 radical (unpaired) electrons. The average molecular weight is 707 g/mol. The number of fused-ring (bicyclic) bond motifs is 1. The van der Waals surface area contributed by atoms with Crippen molar-refractivity contribution in [3.63, 3.8) is 0 Å². The van der Waals surface area contributed by atoms with Crippen molar-refractivity contribution < 1.29 is 28.6 Å². The number of rotatable bonds is 12. The van der Waals surface area contributed by atoms with E-state index in [9.17, 15) is 14.4 Å². The molecule has 4 aromatic carbocycles. The number of carbonyl (C=O) groups excluding carboxylic acids is 3. The second kappa shape index (κ2) is 16.1. The number of ether oxygens (including phenoxy) is 3. The molecule has 2 amide bonds. The Morgan fingerprint density at radius 3 is 2.32 bits per heavy atom. The number of methoxy groups -OCH3 is 2. The lowest BCUT2D eigenvalue weighted by atomic mass is 9.83. The first kappa shape index (κ1) is 34.8. The van der Waals surface area contributed by atoms with E-state index in [0.717, 1.165) is 40.2 Å². The third kappa shape index (κ3) is 7.87. The van der Waals surface area contributed by atoms with E-state index in [1.807, 2.05) is 54.6 Å². The quantitative estimate of drug-likeness (QED) is 0.0987. The van der Waals surface area contributed by atoms with Gasteiger partial charge >= 0.3 is 5.97 Å². The van der Waals surface area contributed by atoms with Gasteiger partial charge < -0.3 is 24.8 Å². The number of hydrogen-bond donors (Lipinski definition) is 2. The highest BCUT2D eigenvalue weighted by molar-refractivity contribution is 8.00.